The third-order valence-electron chi connectivity index (χ3n) is 8.17. The number of hydrogen-bond acceptors (Lipinski definition) is 6. The fourth-order valence-corrected chi connectivity index (χ4v) is 6.72. The van der Waals surface area contributed by atoms with Crippen LogP contribution in [-0.2, 0) is 15.6 Å². The first-order valence-electron chi connectivity index (χ1n) is 14.9. The molecule has 12 heteroatoms. The number of nitrogens with one attached hydrogen (secondary N) is 3. The van der Waals surface area contributed by atoms with Gasteiger partial charge in [0.25, 0.3) is 11.8 Å². The van der Waals surface area contributed by atoms with Gasteiger partial charge in [-0.2, -0.15) is 0 Å². The maximum absolute atomic E-state index is 15.7. The Bertz CT molecular complexity index is 2090. The lowest BCUT2D eigenvalue weighted by Crippen LogP contribution is -2.34. The molecule has 0 unspecified atom stereocenters. The number of rotatable bonds is 11. The molecule has 6 rings (SSSR count). The van der Waals surface area contributed by atoms with Crippen LogP contribution in [0.4, 0.5) is 14.5 Å². The first kappa shape index (κ1) is 31.9. The number of amides is 2. The molecule has 9 nitrogen and oxygen atoms in total. The average Bonchev–Trinajstić information content (AvgIpc) is 3.76. The Morgan fingerprint density at radius 2 is 1.64 bits per heavy atom. The van der Waals surface area contributed by atoms with E-state index in [4.69, 9.17) is 4.42 Å². The summed E-state index contributed by atoms with van der Waals surface area (Å²) in [4.78, 5) is 26.7. The molecular weight excluding hydrogens is 628 g/mol. The summed E-state index contributed by atoms with van der Waals surface area (Å²) in [7, 11) is -2.62. The van der Waals surface area contributed by atoms with Crippen molar-refractivity contribution in [2.24, 2.45) is 0 Å². The lowest BCUT2D eigenvalue weighted by Gasteiger charge is -2.19. The highest BCUT2D eigenvalue weighted by atomic mass is 32.2. The number of aliphatic hydroxyl groups is 1. The van der Waals surface area contributed by atoms with Gasteiger partial charge < -0.3 is 20.2 Å². The van der Waals surface area contributed by atoms with Crippen molar-refractivity contribution < 1.29 is 36.3 Å². The summed E-state index contributed by atoms with van der Waals surface area (Å²) in [6.07, 6.45) is 1.44. The van der Waals surface area contributed by atoms with E-state index in [1.807, 2.05) is 30.3 Å². The van der Waals surface area contributed by atoms with E-state index >= 15 is 4.39 Å². The highest BCUT2D eigenvalue weighted by Gasteiger charge is 2.45. The Kier molecular flexibility index (Phi) is 8.56. The van der Waals surface area contributed by atoms with Crippen molar-refractivity contribution in [1.29, 1.82) is 0 Å². The van der Waals surface area contributed by atoms with E-state index in [1.165, 1.54) is 55.6 Å². The molecule has 242 valence electrons. The summed E-state index contributed by atoms with van der Waals surface area (Å²) in [6, 6.07) is 21.4. The molecule has 4 aromatic carbocycles. The van der Waals surface area contributed by atoms with Crippen LogP contribution in [0.1, 0.15) is 45.5 Å². The molecule has 47 heavy (non-hydrogen) atoms. The van der Waals surface area contributed by atoms with Crippen molar-refractivity contribution >= 4 is 38.5 Å². The number of fused-ring (bicyclic) bond motifs is 1. The monoisotopic (exact) mass is 659 g/mol. The first-order chi connectivity index (χ1) is 22.5. The van der Waals surface area contributed by atoms with Gasteiger partial charge in [0.15, 0.2) is 0 Å². The predicted octanol–water partition coefficient (Wildman–Crippen LogP) is 5.95. The molecule has 4 N–H and O–H groups in total. The number of carbonyl (C=O) groups excluding carboxylic acids is 2. The minimum Gasteiger partial charge on any atom is -0.455 e. The normalized spacial score (nSPS) is 13.7. The van der Waals surface area contributed by atoms with Gasteiger partial charge in [0.05, 0.1) is 22.5 Å². The van der Waals surface area contributed by atoms with E-state index in [2.05, 4.69) is 15.4 Å². The van der Waals surface area contributed by atoms with Crippen LogP contribution in [0.5, 0.6) is 0 Å². The van der Waals surface area contributed by atoms with Gasteiger partial charge in [-0.1, -0.05) is 30.3 Å². The number of benzene rings is 4. The molecule has 5 aromatic rings. The molecule has 1 fully saturated rings. The number of hydrogen-bond donors (Lipinski definition) is 4. The van der Waals surface area contributed by atoms with E-state index < -0.39 is 44.8 Å². The van der Waals surface area contributed by atoms with Crippen molar-refractivity contribution in [3.8, 4) is 22.5 Å². The fourth-order valence-electron chi connectivity index (χ4n) is 5.61. The number of anilines is 1. The van der Waals surface area contributed by atoms with Crippen LogP contribution in [0, 0.1) is 11.6 Å². The second-order valence-electron chi connectivity index (χ2n) is 11.4. The minimum absolute atomic E-state index is 0.0398. The van der Waals surface area contributed by atoms with E-state index in [9.17, 15) is 27.5 Å². The Balaban J connectivity index is 1.50. The van der Waals surface area contributed by atoms with Crippen LogP contribution in [0.25, 0.3) is 33.4 Å². The molecule has 1 aromatic heterocycles. The number of furan rings is 1. The van der Waals surface area contributed by atoms with E-state index in [-0.39, 0.29) is 57.7 Å². The summed E-state index contributed by atoms with van der Waals surface area (Å²) in [5.74, 6) is -2.56. The second kappa shape index (κ2) is 12.6. The molecule has 1 aliphatic carbocycles. The van der Waals surface area contributed by atoms with Crippen LogP contribution in [0.3, 0.4) is 0 Å². The van der Waals surface area contributed by atoms with Crippen LogP contribution < -0.4 is 15.4 Å². The van der Waals surface area contributed by atoms with Crippen LogP contribution >= 0.6 is 0 Å². The van der Waals surface area contributed by atoms with Crippen LogP contribution in [-0.4, -0.2) is 44.7 Å². The van der Waals surface area contributed by atoms with Crippen molar-refractivity contribution in [3.63, 3.8) is 0 Å². The standard InChI is InChI=1S/C35H31F2N3O6S/c1-38-34(43)31-27-19-26(25-18-22(10-13-28(25)37)33(42)39-35(14-15-35)23-6-3-2-4-7-23)29(40-47(44,45)17-5-16-41)20-30(27)46-32(31)21-8-11-24(36)12-9-21/h2-4,6-13,18-20,40-41H,5,14-17H2,1H3,(H,38,43)(H,39,42). The first-order valence-corrected chi connectivity index (χ1v) is 16.6. The fraction of sp³-hybridized carbons (Fsp3) is 0.200. The largest absolute Gasteiger partial charge is 0.455 e. The summed E-state index contributed by atoms with van der Waals surface area (Å²) in [6.45, 7) is -0.363. The highest BCUT2D eigenvalue weighted by Crippen LogP contribution is 2.46. The summed E-state index contributed by atoms with van der Waals surface area (Å²) in [5.41, 5.74) is 0.979. The minimum atomic E-state index is -4.04. The smallest absolute Gasteiger partial charge is 0.255 e. The highest BCUT2D eigenvalue weighted by molar-refractivity contribution is 7.92. The topological polar surface area (TPSA) is 138 Å². The molecule has 1 heterocycles. The lowest BCUT2D eigenvalue weighted by atomic mass is 9.96. The molecular formula is C35H31F2N3O6S. The van der Waals surface area contributed by atoms with Crippen molar-refractivity contribution in [2.45, 2.75) is 24.8 Å². The molecule has 1 saturated carbocycles. The third kappa shape index (κ3) is 6.47. The van der Waals surface area contributed by atoms with E-state index in [0.29, 0.717) is 5.56 Å². The molecule has 0 radical (unpaired) electrons. The SMILES string of the molecule is CNC(=O)c1c(-c2ccc(F)cc2)oc2cc(NS(=O)(=O)CCCO)c(-c3cc(C(=O)NC4(c5ccccc5)CC4)ccc3F)cc12. The Hall–Kier alpha value is -5.07. The molecule has 0 aliphatic heterocycles. The molecule has 0 bridgehead atoms. The maximum atomic E-state index is 15.7. The number of aliphatic hydroxyl groups excluding tert-OH is 1. The van der Waals surface area contributed by atoms with Gasteiger partial charge in [0.2, 0.25) is 10.0 Å². The Morgan fingerprint density at radius 1 is 0.915 bits per heavy atom. The van der Waals surface area contributed by atoms with Gasteiger partial charge in [-0.3, -0.25) is 14.3 Å². The third-order valence-corrected chi connectivity index (χ3v) is 9.53. The van der Waals surface area contributed by atoms with E-state index in [1.54, 1.807) is 0 Å². The predicted molar refractivity (Wildman–Crippen MR) is 174 cm³/mol. The van der Waals surface area contributed by atoms with Gasteiger partial charge >= 0.3 is 0 Å². The summed E-state index contributed by atoms with van der Waals surface area (Å²) < 4.78 is 64.0. The zero-order valence-corrected chi connectivity index (χ0v) is 26.1. The van der Waals surface area contributed by atoms with Crippen LogP contribution in [0.15, 0.2) is 89.3 Å². The zero-order valence-electron chi connectivity index (χ0n) is 25.3. The van der Waals surface area contributed by atoms with Gasteiger partial charge in [0.1, 0.15) is 23.0 Å². The van der Waals surface area contributed by atoms with E-state index in [0.717, 1.165) is 24.5 Å². The van der Waals surface area contributed by atoms with Gasteiger partial charge in [-0.15, -0.1) is 0 Å². The second-order valence-corrected chi connectivity index (χ2v) is 13.2. The zero-order chi connectivity index (χ0) is 33.3. The maximum Gasteiger partial charge on any atom is 0.255 e. The molecule has 0 saturated heterocycles. The van der Waals surface area contributed by atoms with Crippen LogP contribution in [0.2, 0.25) is 0 Å². The summed E-state index contributed by atoms with van der Waals surface area (Å²) in [5, 5.41) is 15.1. The van der Waals surface area contributed by atoms with Gasteiger partial charge in [-0.25, -0.2) is 17.2 Å². The lowest BCUT2D eigenvalue weighted by molar-refractivity contribution is 0.0929. The Morgan fingerprint density at radius 3 is 2.30 bits per heavy atom. The molecule has 0 spiro atoms. The number of sulfonamides is 1. The van der Waals surface area contributed by atoms with Crippen molar-refractivity contribution in [1.82, 2.24) is 10.6 Å². The average molecular weight is 660 g/mol. The molecule has 2 amide bonds. The molecule has 1 aliphatic rings. The van der Waals surface area contributed by atoms with Gasteiger partial charge in [0, 0.05) is 47.4 Å². The Labute approximate surface area is 269 Å². The number of carbonyl (C=O) groups is 2. The summed E-state index contributed by atoms with van der Waals surface area (Å²) >= 11 is 0. The quantitative estimate of drug-likeness (QED) is 0.138. The number of halogens is 2. The van der Waals surface area contributed by atoms with Crippen molar-refractivity contribution in [2.75, 3.05) is 24.1 Å². The molecule has 0 atom stereocenters. The van der Waals surface area contributed by atoms with Gasteiger partial charge in [-0.05, 0) is 73.4 Å². The van der Waals surface area contributed by atoms with Crippen molar-refractivity contribution in [3.05, 3.63) is 113 Å².